The highest BCUT2D eigenvalue weighted by Gasteiger charge is 2.43. The van der Waals surface area contributed by atoms with Gasteiger partial charge in [-0.3, -0.25) is 14.4 Å². The number of benzene rings is 5. The molecule has 10 nitrogen and oxygen atoms in total. The number of rotatable bonds is 12. The predicted molar refractivity (Wildman–Crippen MR) is 229 cm³/mol. The smallest absolute Gasteiger partial charge is 0.410 e. The van der Waals surface area contributed by atoms with E-state index in [1.165, 1.54) is 0 Å². The number of piperazine rings is 1. The molecular weight excluding hydrogens is 739 g/mol. The van der Waals surface area contributed by atoms with E-state index in [0.29, 0.717) is 38.9 Å². The number of carbonyl (C=O) groups excluding carboxylic acids is 4. The molecule has 5 aromatic rings. The van der Waals surface area contributed by atoms with Crippen LogP contribution < -0.4 is 10.6 Å². The summed E-state index contributed by atoms with van der Waals surface area (Å²) in [5.41, 5.74) is 4.97. The van der Waals surface area contributed by atoms with Crippen LogP contribution in [0, 0.1) is 11.8 Å². The summed E-state index contributed by atoms with van der Waals surface area (Å²) in [6.07, 6.45) is 2.88. The van der Waals surface area contributed by atoms with Gasteiger partial charge in [0.25, 0.3) is 0 Å². The first-order chi connectivity index (χ1) is 28.9. The van der Waals surface area contributed by atoms with E-state index in [4.69, 9.17) is 4.74 Å². The SMILES string of the molecule is O=C1NC(Cc2ccc3ccccc3c2)C(=O)N(Cc2ccc(-c3ccccc3)cc2)C1CN(CC1CCN(C(=O)OCc2ccccc2)CC1)C(=O)C1CCNCC1. The Kier molecular flexibility index (Phi) is 12.6. The van der Waals surface area contributed by atoms with Gasteiger partial charge in [0.05, 0.1) is 6.54 Å². The lowest BCUT2D eigenvalue weighted by Crippen LogP contribution is -2.66. The molecule has 0 spiro atoms. The van der Waals surface area contributed by atoms with E-state index in [0.717, 1.165) is 64.5 Å². The largest absolute Gasteiger partial charge is 0.445 e. The zero-order valence-corrected chi connectivity index (χ0v) is 33.5. The maximum Gasteiger partial charge on any atom is 0.410 e. The topological polar surface area (TPSA) is 111 Å². The molecule has 59 heavy (non-hydrogen) atoms. The molecule has 0 aliphatic carbocycles. The highest BCUT2D eigenvalue weighted by atomic mass is 16.6. The van der Waals surface area contributed by atoms with Gasteiger partial charge in [0, 0.05) is 38.5 Å². The third kappa shape index (κ3) is 9.83. The third-order valence-corrected chi connectivity index (χ3v) is 12.2. The maximum absolute atomic E-state index is 14.7. The first kappa shape index (κ1) is 39.8. The van der Waals surface area contributed by atoms with Crippen LogP contribution in [0.15, 0.2) is 127 Å². The Morgan fingerprint density at radius 1 is 0.678 bits per heavy atom. The molecule has 8 rings (SSSR count). The molecule has 0 aromatic heterocycles. The van der Waals surface area contributed by atoms with Crippen molar-refractivity contribution < 1.29 is 23.9 Å². The van der Waals surface area contributed by atoms with Crippen molar-refractivity contribution in [1.29, 1.82) is 0 Å². The summed E-state index contributed by atoms with van der Waals surface area (Å²) in [7, 11) is 0. The summed E-state index contributed by atoms with van der Waals surface area (Å²) in [4.78, 5) is 61.8. The average Bonchev–Trinajstić information content (AvgIpc) is 3.29. The van der Waals surface area contributed by atoms with Crippen LogP contribution >= 0.6 is 0 Å². The van der Waals surface area contributed by atoms with E-state index < -0.39 is 12.1 Å². The summed E-state index contributed by atoms with van der Waals surface area (Å²) in [6, 6.07) is 40.6. The normalized spacial score (nSPS) is 19.1. The van der Waals surface area contributed by atoms with Crippen molar-refractivity contribution in [1.82, 2.24) is 25.3 Å². The maximum atomic E-state index is 14.7. The van der Waals surface area contributed by atoms with E-state index >= 15 is 0 Å². The lowest BCUT2D eigenvalue weighted by atomic mass is 9.92. The molecule has 10 heteroatoms. The Bertz CT molecular complexity index is 2220. The van der Waals surface area contributed by atoms with E-state index in [1.54, 1.807) is 9.80 Å². The second kappa shape index (κ2) is 18.7. The quantitative estimate of drug-likeness (QED) is 0.144. The molecular formula is C49H53N5O5. The first-order valence-electron chi connectivity index (χ1n) is 21.1. The first-order valence-corrected chi connectivity index (χ1v) is 21.1. The van der Waals surface area contributed by atoms with Gasteiger partial charge in [-0.25, -0.2) is 4.79 Å². The monoisotopic (exact) mass is 791 g/mol. The fourth-order valence-electron chi connectivity index (χ4n) is 8.77. The van der Waals surface area contributed by atoms with Crippen molar-refractivity contribution in [2.75, 3.05) is 39.3 Å². The van der Waals surface area contributed by atoms with Gasteiger partial charge >= 0.3 is 6.09 Å². The van der Waals surface area contributed by atoms with E-state index in [-0.39, 0.29) is 55.3 Å². The van der Waals surface area contributed by atoms with Crippen molar-refractivity contribution in [3.05, 3.63) is 144 Å². The molecule has 304 valence electrons. The second-order valence-electron chi connectivity index (χ2n) is 16.2. The van der Waals surface area contributed by atoms with Gasteiger partial charge in [-0.15, -0.1) is 0 Å². The average molecular weight is 792 g/mol. The summed E-state index contributed by atoms with van der Waals surface area (Å²) >= 11 is 0. The lowest BCUT2D eigenvalue weighted by Gasteiger charge is -2.43. The molecule has 0 radical (unpaired) electrons. The molecule has 3 heterocycles. The van der Waals surface area contributed by atoms with Crippen LogP contribution in [0.5, 0.6) is 0 Å². The molecule has 0 saturated carbocycles. The minimum atomic E-state index is -0.872. The lowest BCUT2D eigenvalue weighted by molar-refractivity contribution is -0.153. The van der Waals surface area contributed by atoms with Crippen LogP contribution in [-0.4, -0.2) is 89.9 Å². The van der Waals surface area contributed by atoms with Crippen LogP contribution in [0.2, 0.25) is 0 Å². The molecule has 2 unspecified atom stereocenters. The van der Waals surface area contributed by atoms with Gasteiger partial charge in [-0.1, -0.05) is 127 Å². The molecule has 3 aliphatic heterocycles. The highest BCUT2D eigenvalue weighted by molar-refractivity contribution is 5.98. The molecule has 3 fully saturated rings. The van der Waals surface area contributed by atoms with Crippen molar-refractivity contribution in [3.63, 3.8) is 0 Å². The van der Waals surface area contributed by atoms with Crippen molar-refractivity contribution >= 4 is 34.6 Å². The van der Waals surface area contributed by atoms with Gasteiger partial charge in [0.1, 0.15) is 18.7 Å². The molecule has 3 saturated heterocycles. The van der Waals surface area contributed by atoms with Crippen LogP contribution in [0.25, 0.3) is 21.9 Å². The number of piperidine rings is 2. The minimum Gasteiger partial charge on any atom is -0.445 e. The Morgan fingerprint density at radius 2 is 1.32 bits per heavy atom. The van der Waals surface area contributed by atoms with E-state index in [2.05, 4.69) is 59.2 Å². The summed E-state index contributed by atoms with van der Waals surface area (Å²) in [5.74, 6) is -0.420. The fraction of sp³-hybridized carbons (Fsp3) is 0.347. The number of amides is 4. The number of nitrogens with zero attached hydrogens (tertiary/aromatic N) is 3. The standard InChI is InChI=1S/C49H53N5O5/c55-46-45(33-53(47(56)42-21-25-50-26-22-42)31-36-23-27-52(28-24-36)49(58)59-34-37-9-3-1-4-10-37)54(32-35-15-18-41(19-16-35)39-11-5-2-6-12-39)48(57)44(51-46)30-38-17-20-40-13-7-8-14-43(40)29-38/h1-20,29,36,42,44-45,50H,21-28,30-34H2,(H,51,55). The zero-order valence-electron chi connectivity index (χ0n) is 33.5. The third-order valence-electron chi connectivity index (χ3n) is 12.2. The Hall–Kier alpha value is -6.00. The van der Waals surface area contributed by atoms with Gasteiger partial charge in [0.15, 0.2) is 0 Å². The second-order valence-corrected chi connectivity index (χ2v) is 16.2. The van der Waals surface area contributed by atoms with Crippen molar-refractivity contribution in [3.8, 4) is 11.1 Å². The zero-order chi connectivity index (χ0) is 40.6. The highest BCUT2D eigenvalue weighted by Crippen LogP contribution is 2.27. The predicted octanol–water partition coefficient (Wildman–Crippen LogP) is 6.82. The van der Waals surface area contributed by atoms with Gasteiger partial charge in [-0.2, -0.15) is 0 Å². The van der Waals surface area contributed by atoms with E-state index in [1.807, 2.05) is 83.8 Å². The van der Waals surface area contributed by atoms with Crippen LogP contribution in [0.3, 0.4) is 0 Å². The summed E-state index contributed by atoms with van der Waals surface area (Å²) in [5, 5.41) is 8.65. The van der Waals surface area contributed by atoms with Crippen LogP contribution in [-0.2, 0) is 38.7 Å². The molecule has 0 bridgehead atoms. The summed E-state index contributed by atoms with van der Waals surface area (Å²) in [6.45, 7) is 3.58. The molecule has 2 atom stereocenters. The fourth-order valence-corrected chi connectivity index (χ4v) is 8.77. The molecule has 4 amide bonds. The van der Waals surface area contributed by atoms with Gasteiger partial charge < -0.3 is 30.1 Å². The minimum absolute atomic E-state index is 0.0295. The number of hydrogen-bond donors (Lipinski definition) is 2. The molecule has 3 aliphatic rings. The van der Waals surface area contributed by atoms with Crippen molar-refractivity contribution in [2.24, 2.45) is 11.8 Å². The van der Waals surface area contributed by atoms with Crippen LogP contribution in [0.1, 0.15) is 42.4 Å². The number of nitrogens with one attached hydrogen (secondary N) is 2. The van der Waals surface area contributed by atoms with Crippen LogP contribution in [0.4, 0.5) is 4.79 Å². The number of hydrogen-bond acceptors (Lipinski definition) is 6. The summed E-state index contributed by atoms with van der Waals surface area (Å²) < 4.78 is 5.61. The number of likely N-dealkylation sites (tertiary alicyclic amines) is 1. The number of carbonyl (C=O) groups is 4. The van der Waals surface area contributed by atoms with Gasteiger partial charge in [0.2, 0.25) is 17.7 Å². The Labute approximate surface area is 346 Å². The number of ether oxygens (including phenoxy) is 1. The van der Waals surface area contributed by atoms with Crippen molar-refractivity contribution in [2.45, 2.75) is 57.3 Å². The molecule has 5 aromatic carbocycles. The van der Waals surface area contributed by atoms with Gasteiger partial charge in [-0.05, 0) is 83.3 Å². The van der Waals surface area contributed by atoms with E-state index in [9.17, 15) is 19.2 Å². The number of fused-ring (bicyclic) bond motifs is 1. The Morgan fingerprint density at radius 3 is 2.05 bits per heavy atom. The molecule has 2 N–H and O–H groups in total. The Balaban J connectivity index is 1.01.